The Kier molecular flexibility index (Phi) is 3.72. The summed E-state index contributed by atoms with van der Waals surface area (Å²) < 4.78 is 18.7. The zero-order valence-electron chi connectivity index (χ0n) is 11.2. The van der Waals surface area contributed by atoms with Gasteiger partial charge in [0.05, 0.1) is 11.6 Å². The van der Waals surface area contributed by atoms with Crippen LogP contribution in [-0.4, -0.2) is 5.97 Å². The van der Waals surface area contributed by atoms with E-state index < -0.39 is 11.8 Å². The quantitative estimate of drug-likeness (QED) is 0.814. The lowest BCUT2D eigenvalue weighted by Crippen LogP contribution is -2.05. The number of hydrogen-bond acceptors (Lipinski definition) is 4. The Bertz CT molecular complexity index is 724. The standard InChI is InChI=1S/C16H12FNO2S/c17-13-5-4-10(8-18)6-12(13)9-20-16(19)15-7-11-2-1-3-14(11)21-15/h4-7H,1-3,9H2. The van der Waals surface area contributed by atoms with Gasteiger partial charge < -0.3 is 4.74 Å². The highest BCUT2D eigenvalue weighted by atomic mass is 32.1. The van der Waals surface area contributed by atoms with Gasteiger partial charge in [0, 0.05) is 10.4 Å². The maximum atomic E-state index is 13.6. The molecule has 0 amide bonds. The molecule has 0 fully saturated rings. The Morgan fingerprint density at radius 3 is 3.00 bits per heavy atom. The fourth-order valence-electron chi connectivity index (χ4n) is 2.40. The highest BCUT2D eigenvalue weighted by Gasteiger charge is 2.19. The maximum Gasteiger partial charge on any atom is 0.348 e. The molecule has 0 unspecified atom stereocenters. The minimum Gasteiger partial charge on any atom is -0.457 e. The van der Waals surface area contributed by atoms with Crippen molar-refractivity contribution in [3.63, 3.8) is 0 Å². The van der Waals surface area contributed by atoms with Gasteiger partial charge in [-0.1, -0.05) is 0 Å². The van der Waals surface area contributed by atoms with Crippen LogP contribution in [0.3, 0.4) is 0 Å². The molecule has 3 nitrogen and oxygen atoms in total. The lowest BCUT2D eigenvalue weighted by atomic mass is 10.1. The first-order valence-electron chi connectivity index (χ1n) is 6.64. The van der Waals surface area contributed by atoms with Gasteiger partial charge in [-0.05, 0) is 49.1 Å². The van der Waals surface area contributed by atoms with Crippen molar-refractivity contribution in [2.45, 2.75) is 25.9 Å². The molecule has 1 aliphatic carbocycles. The second-order valence-electron chi connectivity index (χ2n) is 4.91. The smallest absolute Gasteiger partial charge is 0.348 e. The Hall–Kier alpha value is -2.19. The summed E-state index contributed by atoms with van der Waals surface area (Å²) in [7, 11) is 0. The van der Waals surface area contributed by atoms with Crippen LogP contribution in [0.15, 0.2) is 24.3 Å². The van der Waals surface area contributed by atoms with E-state index in [1.165, 1.54) is 40.0 Å². The molecule has 21 heavy (non-hydrogen) atoms. The van der Waals surface area contributed by atoms with Gasteiger partial charge in [0.2, 0.25) is 0 Å². The number of fused-ring (bicyclic) bond motifs is 1. The zero-order valence-corrected chi connectivity index (χ0v) is 12.0. The molecule has 2 aromatic rings. The Balaban J connectivity index is 1.69. The van der Waals surface area contributed by atoms with Crippen LogP contribution < -0.4 is 0 Å². The molecule has 1 heterocycles. The van der Waals surface area contributed by atoms with Crippen LogP contribution in [0.2, 0.25) is 0 Å². The second kappa shape index (κ2) is 5.66. The molecule has 3 rings (SSSR count). The van der Waals surface area contributed by atoms with Crippen molar-refractivity contribution in [3.05, 3.63) is 56.5 Å². The molecule has 0 saturated heterocycles. The summed E-state index contributed by atoms with van der Waals surface area (Å²) in [6, 6.07) is 7.81. The van der Waals surface area contributed by atoms with E-state index in [1.807, 2.05) is 12.1 Å². The zero-order chi connectivity index (χ0) is 14.8. The fraction of sp³-hybridized carbons (Fsp3) is 0.250. The summed E-state index contributed by atoms with van der Waals surface area (Å²) >= 11 is 1.46. The van der Waals surface area contributed by atoms with E-state index >= 15 is 0 Å². The number of esters is 1. The van der Waals surface area contributed by atoms with E-state index in [-0.39, 0.29) is 12.2 Å². The minimum atomic E-state index is -0.476. The van der Waals surface area contributed by atoms with Gasteiger partial charge in [0.1, 0.15) is 17.3 Å². The summed E-state index contributed by atoms with van der Waals surface area (Å²) in [5, 5.41) is 8.80. The molecule has 1 aromatic carbocycles. The number of halogens is 1. The molecule has 5 heteroatoms. The molecule has 0 radical (unpaired) electrons. The van der Waals surface area contributed by atoms with Gasteiger partial charge in [-0.15, -0.1) is 11.3 Å². The molecule has 0 spiro atoms. The Morgan fingerprint density at radius 1 is 1.38 bits per heavy atom. The van der Waals surface area contributed by atoms with Gasteiger partial charge in [-0.25, -0.2) is 9.18 Å². The van der Waals surface area contributed by atoms with Crippen LogP contribution in [-0.2, 0) is 24.2 Å². The predicted molar refractivity (Wildman–Crippen MR) is 76.6 cm³/mol. The van der Waals surface area contributed by atoms with Gasteiger partial charge in [-0.3, -0.25) is 0 Å². The van der Waals surface area contributed by atoms with Crippen LogP contribution in [0.4, 0.5) is 4.39 Å². The normalized spacial score (nSPS) is 12.8. The van der Waals surface area contributed by atoms with Gasteiger partial charge in [-0.2, -0.15) is 5.26 Å². The lowest BCUT2D eigenvalue weighted by Gasteiger charge is -2.05. The summed E-state index contributed by atoms with van der Waals surface area (Å²) in [5.74, 6) is -0.911. The second-order valence-corrected chi connectivity index (χ2v) is 6.04. The molecule has 0 N–H and O–H groups in total. The lowest BCUT2D eigenvalue weighted by molar-refractivity contribution is 0.0474. The van der Waals surface area contributed by atoms with Crippen molar-refractivity contribution in [2.75, 3.05) is 0 Å². The number of hydrogen-bond donors (Lipinski definition) is 0. The molecule has 0 atom stereocenters. The van der Waals surface area contributed by atoms with Gasteiger partial charge >= 0.3 is 5.97 Å². The minimum absolute atomic E-state index is 0.164. The third kappa shape index (κ3) is 2.81. The molecule has 0 saturated carbocycles. The molecule has 1 aromatic heterocycles. The molecular weight excluding hydrogens is 289 g/mol. The van der Waals surface area contributed by atoms with E-state index in [2.05, 4.69) is 0 Å². The summed E-state index contributed by atoms with van der Waals surface area (Å²) in [6.45, 7) is -0.164. The van der Waals surface area contributed by atoms with Crippen molar-refractivity contribution < 1.29 is 13.9 Å². The number of benzene rings is 1. The largest absolute Gasteiger partial charge is 0.457 e. The average molecular weight is 301 g/mol. The molecule has 106 valence electrons. The fourth-order valence-corrected chi connectivity index (χ4v) is 3.55. The van der Waals surface area contributed by atoms with Crippen molar-refractivity contribution >= 4 is 17.3 Å². The van der Waals surface area contributed by atoms with Crippen LogP contribution >= 0.6 is 11.3 Å². The van der Waals surface area contributed by atoms with Crippen LogP contribution in [0, 0.1) is 17.1 Å². The first-order valence-corrected chi connectivity index (χ1v) is 7.46. The highest BCUT2D eigenvalue weighted by molar-refractivity contribution is 7.14. The number of carbonyl (C=O) groups is 1. The van der Waals surface area contributed by atoms with E-state index in [1.54, 1.807) is 0 Å². The van der Waals surface area contributed by atoms with E-state index in [4.69, 9.17) is 10.00 Å². The highest BCUT2D eigenvalue weighted by Crippen LogP contribution is 2.31. The van der Waals surface area contributed by atoms with Crippen molar-refractivity contribution in [1.29, 1.82) is 5.26 Å². The number of thiophene rings is 1. The molecule has 0 bridgehead atoms. The average Bonchev–Trinajstić information content (AvgIpc) is 3.07. The first-order chi connectivity index (χ1) is 10.2. The van der Waals surface area contributed by atoms with E-state index in [9.17, 15) is 9.18 Å². The third-order valence-electron chi connectivity index (χ3n) is 3.48. The number of rotatable bonds is 3. The third-order valence-corrected chi connectivity index (χ3v) is 4.70. The summed E-state index contributed by atoms with van der Waals surface area (Å²) in [5.41, 5.74) is 1.79. The molecule has 0 aliphatic heterocycles. The number of aryl methyl sites for hydroxylation is 2. The Morgan fingerprint density at radius 2 is 2.24 bits per heavy atom. The number of ether oxygens (including phenoxy) is 1. The van der Waals surface area contributed by atoms with E-state index in [0.29, 0.717) is 10.4 Å². The van der Waals surface area contributed by atoms with Crippen LogP contribution in [0.5, 0.6) is 0 Å². The predicted octanol–water partition coefficient (Wildman–Crippen LogP) is 3.60. The van der Waals surface area contributed by atoms with Crippen molar-refractivity contribution in [2.24, 2.45) is 0 Å². The Labute approximate surface area is 125 Å². The monoisotopic (exact) mass is 301 g/mol. The summed E-state index contributed by atoms with van der Waals surface area (Å²) in [4.78, 5) is 13.8. The van der Waals surface area contributed by atoms with Crippen LogP contribution in [0.1, 0.15) is 37.7 Å². The van der Waals surface area contributed by atoms with E-state index in [0.717, 1.165) is 19.3 Å². The topological polar surface area (TPSA) is 50.1 Å². The van der Waals surface area contributed by atoms with Gasteiger partial charge in [0.15, 0.2) is 0 Å². The number of nitrogens with zero attached hydrogens (tertiary/aromatic N) is 1. The van der Waals surface area contributed by atoms with Crippen molar-refractivity contribution in [1.82, 2.24) is 0 Å². The molecular formula is C16H12FNO2S. The number of carbonyl (C=O) groups excluding carboxylic acids is 1. The van der Waals surface area contributed by atoms with Gasteiger partial charge in [0.25, 0.3) is 0 Å². The van der Waals surface area contributed by atoms with Crippen molar-refractivity contribution in [3.8, 4) is 6.07 Å². The van der Waals surface area contributed by atoms with Crippen LogP contribution in [0.25, 0.3) is 0 Å². The first kappa shape index (κ1) is 13.8. The maximum absolute atomic E-state index is 13.6. The number of nitriles is 1. The summed E-state index contributed by atoms with van der Waals surface area (Å²) in [6.07, 6.45) is 3.17. The molecule has 1 aliphatic rings. The SMILES string of the molecule is N#Cc1ccc(F)c(COC(=O)c2cc3c(s2)CCC3)c1.